The third kappa shape index (κ3) is 6.04. The average molecular weight is 534 g/mol. The zero-order chi connectivity index (χ0) is 27.9. The summed E-state index contributed by atoms with van der Waals surface area (Å²) in [6, 6.07) is 33.8. The highest BCUT2D eigenvalue weighted by molar-refractivity contribution is 5.87. The van der Waals surface area contributed by atoms with Crippen LogP contribution in [0.4, 0.5) is 4.79 Å². The number of hydrogen-bond acceptors (Lipinski definition) is 4. The van der Waals surface area contributed by atoms with Crippen molar-refractivity contribution in [2.75, 3.05) is 6.61 Å². The van der Waals surface area contributed by atoms with E-state index in [9.17, 15) is 14.4 Å². The maximum Gasteiger partial charge on any atom is 0.407 e. The third-order valence-electron chi connectivity index (χ3n) is 7.18. The molecule has 5 rings (SSSR count). The van der Waals surface area contributed by atoms with Gasteiger partial charge in [0.2, 0.25) is 11.8 Å². The molecule has 3 amide bonds. The van der Waals surface area contributed by atoms with Crippen molar-refractivity contribution in [3.8, 4) is 11.1 Å². The van der Waals surface area contributed by atoms with Crippen molar-refractivity contribution in [1.82, 2.24) is 10.6 Å². The molecule has 0 saturated carbocycles. The molecule has 4 aromatic carbocycles. The monoisotopic (exact) mass is 533 g/mol. The summed E-state index contributed by atoms with van der Waals surface area (Å²) in [5, 5.41) is 5.71. The van der Waals surface area contributed by atoms with Gasteiger partial charge in [-0.25, -0.2) is 4.79 Å². The summed E-state index contributed by atoms with van der Waals surface area (Å²) in [5.74, 6) is -1.11. The summed E-state index contributed by atoms with van der Waals surface area (Å²) in [6.07, 6.45) is -0.757. The number of primary amides is 1. The first-order valence-electron chi connectivity index (χ1n) is 13.3. The summed E-state index contributed by atoms with van der Waals surface area (Å²) in [5.41, 5.74) is 11.6. The smallest absolute Gasteiger partial charge is 0.407 e. The highest BCUT2D eigenvalue weighted by Gasteiger charge is 2.30. The fourth-order valence-corrected chi connectivity index (χ4v) is 5.23. The molecule has 0 bridgehead atoms. The number of benzene rings is 4. The van der Waals surface area contributed by atoms with E-state index in [0.717, 1.165) is 33.4 Å². The number of ether oxygens (including phenoxy) is 1. The molecule has 0 heterocycles. The van der Waals surface area contributed by atoms with Gasteiger partial charge in [0.15, 0.2) is 0 Å². The van der Waals surface area contributed by atoms with Crippen LogP contribution in [0.3, 0.4) is 0 Å². The number of nitrogens with one attached hydrogen (secondary N) is 2. The SMILES string of the molecule is NC(=O)CCC(NC(=O)OCC1c2ccccc2-c2ccccc21)C(=O)NC(c1ccccc1)c1ccccc1. The Bertz CT molecular complexity index is 1410. The molecule has 0 radical (unpaired) electrons. The van der Waals surface area contributed by atoms with Gasteiger partial charge in [-0.2, -0.15) is 0 Å². The molecule has 0 saturated heterocycles. The molecule has 1 unspecified atom stereocenters. The second kappa shape index (κ2) is 12.3. The molecule has 1 aliphatic carbocycles. The number of carbonyl (C=O) groups excluding carboxylic acids is 3. The van der Waals surface area contributed by atoms with Gasteiger partial charge in [0, 0.05) is 12.3 Å². The van der Waals surface area contributed by atoms with Crippen LogP contribution >= 0.6 is 0 Å². The molecule has 0 aromatic heterocycles. The van der Waals surface area contributed by atoms with Gasteiger partial charge < -0.3 is 21.1 Å². The molecular formula is C33H31N3O4. The Kier molecular flexibility index (Phi) is 8.21. The Morgan fingerprint density at radius 3 is 1.73 bits per heavy atom. The quantitative estimate of drug-likeness (QED) is 0.264. The number of fused-ring (bicyclic) bond motifs is 3. The Labute approximate surface area is 233 Å². The van der Waals surface area contributed by atoms with Crippen molar-refractivity contribution < 1.29 is 19.1 Å². The van der Waals surface area contributed by atoms with Gasteiger partial charge in [0.1, 0.15) is 12.6 Å². The molecule has 4 aromatic rings. The van der Waals surface area contributed by atoms with Crippen LogP contribution < -0.4 is 16.4 Å². The fraction of sp³-hybridized carbons (Fsp3) is 0.182. The maximum atomic E-state index is 13.5. The third-order valence-corrected chi connectivity index (χ3v) is 7.18. The molecule has 1 aliphatic rings. The number of hydrogen-bond donors (Lipinski definition) is 3. The normalized spacial score (nSPS) is 12.7. The molecule has 0 aliphatic heterocycles. The number of carbonyl (C=O) groups is 3. The molecular weight excluding hydrogens is 502 g/mol. The van der Waals surface area contributed by atoms with E-state index in [2.05, 4.69) is 22.8 Å². The van der Waals surface area contributed by atoms with E-state index >= 15 is 0 Å². The van der Waals surface area contributed by atoms with E-state index in [1.807, 2.05) is 97.1 Å². The van der Waals surface area contributed by atoms with Crippen LogP contribution in [0.15, 0.2) is 109 Å². The molecule has 7 heteroatoms. The second-order valence-electron chi connectivity index (χ2n) is 9.79. The zero-order valence-electron chi connectivity index (χ0n) is 22.0. The second-order valence-corrected chi connectivity index (χ2v) is 9.79. The topological polar surface area (TPSA) is 111 Å². The predicted octanol–water partition coefficient (Wildman–Crippen LogP) is 5.07. The molecule has 0 fully saturated rings. The number of amides is 3. The van der Waals surface area contributed by atoms with Crippen molar-refractivity contribution in [1.29, 1.82) is 0 Å². The van der Waals surface area contributed by atoms with Gasteiger partial charge in [-0.05, 0) is 39.8 Å². The van der Waals surface area contributed by atoms with Crippen molar-refractivity contribution in [3.05, 3.63) is 131 Å². The summed E-state index contributed by atoms with van der Waals surface area (Å²) in [7, 11) is 0. The van der Waals surface area contributed by atoms with Crippen LogP contribution in [-0.4, -0.2) is 30.6 Å². The lowest BCUT2D eigenvalue weighted by atomic mass is 9.98. The van der Waals surface area contributed by atoms with E-state index < -0.39 is 30.0 Å². The summed E-state index contributed by atoms with van der Waals surface area (Å²) in [6.45, 7) is 0.112. The minimum Gasteiger partial charge on any atom is -0.449 e. The van der Waals surface area contributed by atoms with Crippen molar-refractivity contribution in [2.24, 2.45) is 5.73 Å². The Morgan fingerprint density at radius 2 is 1.20 bits per heavy atom. The summed E-state index contributed by atoms with van der Waals surface area (Å²) < 4.78 is 5.66. The van der Waals surface area contributed by atoms with Gasteiger partial charge in [-0.15, -0.1) is 0 Å². The molecule has 40 heavy (non-hydrogen) atoms. The largest absolute Gasteiger partial charge is 0.449 e. The zero-order valence-corrected chi connectivity index (χ0v) is 22.0. The number of nitrogens with two attached hydrogens (primary N) is 1. The molecule has 4 N–H and O–H groups in total. The first kappa shape index (κ1) is 26.7. The van der Waals surface area contributed by atoms with Gasteiger partial charge >= 0.3 is 6.09 Å². The number of rotatable bonds is 10. The lowest BCUT2D eigenvalue weighted by Gasteiger charge is -2.24. The van der Waals surface area contributed by atoms with Crippen LogP contribution in [-0.2, 0) is 14.3 Å². The van der Waals surface area contributed by atoms with Gasteiger partial charge in [-0.3, -0.25) is 9.59 Å². The van der Waals surface area contributed by atoms with Crippen LogP contribution in [0.2, 0.25) is 0 Å². The standard InChI is InChI=1S/C33H31N3O4/c34-30(37)20-19-29(32(38)36-31(22-11-3-1-4-12-22)23-13-5-2-6-14-23)35-33(39)40-21-28-26-17-9-7-15-24(26)25-16-8-10-18-27(25)28/h1-18,28-29,31H,19-21H2,(H2,34,37)(H,35,39)(H,36,38). The number of alkyl carbamates (subject to hydrolysis) is 1. The lowest BCUT2D eigenvalue weighted by Crippen LogP contribution is -2.48. The van der Waals surface area contributed by atoms with Crippen LogP contribution in [0.25, 0.3) is 11.1 Å². The minimum atomic E-state index is -1.02. The summed E-state index contributed by atoms with van der Waals surface area (Å²) >= 11 is 0. The summed E-state index contributed by atoms with van der Waals surface area (Å²) in [4.78, 5) is 38.0. The van der Waals surface area contributed by atoms with Crippen LogP contribution in [0, 0.1) is 0 Å². The van der Waals surface area contributed by atoms with E-state index in [1.54, 1.807) is 0 Å². The predicted molar refractivity (Wildman–Crippen MR) is 153 cm³/mol. The average Bonchev–Trinajstić information content (AvgIpc) is 3.31. The highest BCUT2D eigenvalue weighted by atomic mass is 16.5. The molecule has 1 atom stereocenters. The first-order valence-corrected chi connectivity index (χ1v) is 13.3. The Balaban J connectivity index is 1.30. The molecule has 7 nitrogen and oxygen atoms in total. The molecule has 202 valence electrons. The minimum absolute atomic E-state index is 0.0433. The van der Waals surface area contributed by atoms with E-state index in [1.165, 1.54) is 0 Å². The molecule has 0 spiro atoms. The van der Waals surface area contributed by atoms with Gasteiger partial charge in [-0.1, -0.05) is 109 Å². The Hall–Kier alpha value is -4.91. The van der Waals surface area contributed by atoms with Crippen molar-refractivity contribution in [3.63, 3.8) is 0 Å². The Morgan fingerprint density at radius 1 is 0.700 bits per heavy atom. The van der Waals surface area contributed by atoms with E-state index in [4.69, 9.17) is 10.5 Å². The van der Waals surface area contributed by atoms with Crippen LogP contribution in [0.1, 0.15) is 47.1 Å². The van der Waals surface area contributed by atoms with Crippen molar-refractivity contribution >= 4 is 17.9 Å². The highest BCUT2D eigenvalue weighted by Crippen LogP contribution is 2.44. The fourth-order valence-electron chi connectivity index (χ4n) is 5.23. The maximum absolute atomic E-state index is 13.5. The van der Waals surface area contributed by atoms with Gasteiger partial charge in [0.05, 0.1) is 6.04 Å². The van der Waals surface area contributed by atoms with Crippen molar-refractivity contribution in [2.45, 2.75) is 30.8 Å². The first-order chi connectivity index (χ1) is 19.5. The van der Waals surface area contributed by atoms with E-state index in [0.29, 0.717) is 0 Å². The van der Waals surface area contributed by atoms with Crippen LogP contribution in [0.5, 0.6) is 0 Å². The van der Waals surface area contributed by atoms with E-state index in [-0.39, 0.29) is 25.4 Å². The lowest BCUT2D eigenvalue weighted by molar-refractivity contribution is -0.124. The van der Waals surface area contributed by atoms with Gasteiger partial charge in [0.25, 0.3) is 0 Å².